The van der Waals surface area contributed by atoms with Crippen molar-refractivity contribution in [3.05, 3.63) is 42.5 Å². The third kappa shape index (κ3) is 2.44. The van der Waals surface area contributed by atoms with Crippen LogP contribution in [-0.4, -0.2) is 64.4 Å². The van der Waals surface area contributed by atoms with Crippen molar-refractivity contribution in [1.82, 2.24) is 0 Å². The second-order valence-electron chi connectivity index (χ2n) is 6.22. The van der Waals surface area contributed by atoms with Crippen LogP contribution in [0, 0.1) is 0 Å². The average Bonchev–Trinajstić information content (AvgIpc) is 3.09. The SMILES string of the molecule is OC[C@H](O)[C@H]1O[C@@H]2O[B-](O)(c3ccc4ccccc4c3)O[C@H]2[C@H]1O. The molecule has 2 aromatic rings. The molecule has 1 unspecified atom stereocenters. The summed E-state index contributed by atoms with van der Waals surface area (Å²) in [5, 5.41) is 41.5. The van der Waals surface area contributed by atoms with E-state index in [4.69, 9.17) is 19.2 Å². The van der Waals surface area contributed by atoms with E-state index in [0.29, 0.717) is 5.46 Å². The minimum absolute atomic E-state index is 0.443. The van der Waals surface area contributed by atoms with Gasteiger partial charge in [-0.25, -0.2) is 0 Å². The molecule has 4 N–H and O–H groups in total. The molecule has 0 saturated carbocycles. The van der Waals surface area contributed by atoms with Gasteiger partial charge in [0.1, 0.15) is 24.6 Å². The summed E-state index contributed by atoms with van der Waals surface area (Å²) in [5.74, 6) is 0. The number of aliphatic hydroxyl groups is 3. The summed E-state index contributed by atoms with van der Waals surface area (Å²) in [6, 6.07) is 13.0. The maximum absolute atomic E-state index is 10.7. The van der Waals surface area contributed by atoms with Crippen molar-refractivity contribution in [2.24, 2.45) is 0 Å². The lowest BCUT2D eigenvalue weighted by atomic mass is 9.69. The number of hydrogen-bond donors (Lipinski definition) is 4. The van der Waals surface area contributed by atoms with Gasteiger partial charge in [-0.05, 0) is 10.8 Å². The number of aliphatic hydroxyl groups excluding tert-OH is 3. The molecular formula is C16H18BO7-. The molecule has 128 valence electrons. The monoisotopic (exact) mass is 333 g/mol. The van der Waals surface area contributed by atoms with Crippen molar-refractivity contribution in [2.75, 3.05) is 6.61 Å². The zero-order chi connectivity index (χ0) is 16.9. The summed E-state index contributed by atoms with van der Waals surface area (Å²) in [7, 11) is 0. The lowest BCUT2D eigenvalue weighted by Gasteiger charge is -2.33. The lowest BCUT2D eigenvalue weighted by molar-refractivity contribution is -0.130. The smallest absolute Gasteiger partial charge is 0.409 e. The van der Waals surface area contributed by atoms with Crippen LogP contribution in [0.3, 0.4) is 0 Å². The number of rotatable bonds is 3. The van der Waals surface area contributed by atoms with Crippen LogP contribution in [0.4, 0.5) is 0 Å². The molecule has 2 aliphatic rings. The quantitative estimate of drug-likeness (QED) is 0.524. The molecule has 24 heavy (non-hydrogen) atoms. The van der Waals surface area contributed by atoms with Gasteiger partial charge in [-0.2, -0.15) is 0 Å². The Hall–Kier alpha value is -1.52. The molecule has 2 heterocycles. The summed E-state index contributed by atoms with van der Waals surface area (Å²) in [5.41, 5.74) is 0.443. The first-order chi connectivity index (χ1) is 11.5. The number of ether oxygens (including phenoxy) is 1. The molecule has 0 spiro atoms. The molecule has 0 radical (unpaired) electrons. The predicted octanol–water partition coefficient (Wildman–Crippen LogP) is -1.17. The fraction of sp³-hybridized carbons (Fsp3) is 0.375. The zero-order valence-corrected chi connectivity index (χ0v) is 12.7. The Labute approximate surface area is 138 Å². The van der Waals surface area contributed by atoms with Gasteiger partial charge in [0.25, 0.3) is 0 Å². The van der Waals surface area contributed by atoms with Crippen molar-refractivity contribution < 1.29 is 34.4 Å². The third-order valence-corrected chi connectivity index (χ3v) is 4.65. The van der Waals surface area contributed by atoms with E-state index in [0.717, 1.165) is 10.8 Å². The average molecular weight is 333 g/mol. The number of hydrogen-bond acceptors (Lipinski definition) is 7. The van der Waals surface area contributed by atoms with Gasteiger partial charge in [0, 0.05) is 0 Å². The fourth-order valence-corrected chi connectivity index (χ4v) is 3.36. The van der Waals surface area contributed by atoms with E-state index < -0.39 is 44.1 Å². The van der Waals surface area contributed by atoms with Gasteiger partial charge in [0.15, 0.2) is 0 Å². The van der Waals surface area contributed by atoms with E-state index >= 15 is 0 Å². The summed E-state index contributed by atoms with van der Waals surface area (Å²) in [6.07, 6.45) is -5.44. The first-order valence-corrected chi connectivity index (χ1v) is 7.85. The van der Waals surface area contributed by atoms with Gasteiger partial charge in [-0.1, -0.05) is 42.5 Å². The highest BCUT2D eigenvalue weighted by molar-refractivity contribution is 6.74. The molecule has 7 nitrogen and oxygen atoms in total. The summed E-state index contributed by atoms with van der Waals surface area (Å²) in [6.45, 7) is -3.35. The highest BCUT2D eigenvalue weighted by atomic mass is 16.8. The first-order valence-electron chi connectivity index (χ1n) is 7.85. The van der Waals surface area contributed by atoms with Crippen LogP contribution in [0.5, 0.6) is 0 Å². The largest absolute Gasteiger partial charge is 0.555 e. The van der Waals surface area contributed by atoms with Crippen LogP contribution in [0.25, 0.3) is 10.8 Å². The van der Waals surface area contributed by atoms with E-state index in [1.807, 2.05) is 30.3 Å². The molecule has 0 bridgehead atoms. The lowest BCUT2D eigenvalue weighted by Crippen LogP contribution is -2.53. The molecule has 0 amide bonds. The normalized spacial score (nSPS) is 36.8. The second-order valence-corrected chi connectivity index (χ2v) is 6.22. The molecule has 4 rings (SSSR count). The van der Waals surface area contributed by atoms with Crippen LogP contribution in [-0.2, 0) is 14.0 Å². The molecule has 2 aromatic carbocycles. The van der Waals surface area contributed by atoms with E-state index in [9.17, 15) is 15.2 Å². The van der Waals surface area contributed by atoms with Gasteiger partial charge in [-0.3, -0.25) is 0 Å². The van der Waals surface area contributed by atoms with Gasteiger partial charge >= 0.3 is 6.75 Å². The summed E-state index contributed by atoms with van der Waals surface area (Å²) in [4.78, 5) is 0. The van der Waals surface area contributed by atoms with Crippen molar-refractivity contribution >= 4 is 23.0 Å². The van der Waals surface area contributed by atoms with E-state index in [2.05, 4.69) is 0 Å². The Morgan fingerprint density at radius 1 is 1.08 bits per heavy atom. The minimum atomic E-state index is -2.80. The van der Waals surface area contributed by atoms with Gasteiger partial charge in [0.2, 0.25) is 0 Å². The fourth-order valence-electron chi connectivity index (χ4n) is 3.36. The number of fused-ring (bicyclic) bond motifs is 2. The van der Waals surface area contributed by atoms with Crippen molar-refractivity contribution in [1.29, 1.82) is 0 Å². The molecular weight excluding hydrogens is 315 g/mol. The van der Waals surface area contributed by atoms with E-state index in [1.54, 1.807) is 12.1 Å². The molecule has 2 saturated heterocycles. The van der Waals surface area contributed by atoms with Crippen LogP contribution in [0.1, 0.15) is 0 Å². The summed E-state index contributed by atoms with van der Waals surface area (Å²) >= 11 is 0. The highest BCUT2D eigenvalue weighted by Gasteiger charge is 2.55. The Morgan fingerprint density at radius 2 is 1.83 bits per heavy atom. The summed E-state index contributed by atoms with van der Waals surface area (Å²) < 4.78 is 16.5. The van der Waals surface area contributed by atoms with Crippen LogP contribution >= 0.6 is 0 Å². The molecule has 6 atom stereocenters. The Bertz CT molecular complexity index is 756. The predicted molar refractivity (Wildman–Crippen MR) is 85.3 cm³/mol. The van der Waals surface area contributed by atoms with Gasteiger partial charge < -0.3 is 34.4 Å². The van der Waals surface area contributed by atoms with Crippen LogP contribution < -0.4 is 5.46 Å². The van der Waals surface area contributed by atoms with Crippen molar-refractivity contribution in [3.63, 3.8) is 0 Å². The van der Waals surface area contributed by atoms with Crippen LogP contribution in [0.15, 0.2) is 42.5 Å². The van der Waals surface area contributed by atoms with Gasteiger partial charge in [0.05, 0.1) is 12.7 Å². The van der Waals surface area contributed by atoms with Crippen molar-refractivity contribution in [2.45, 2.75) is 30.7 Å². The molecule has 2 fully saturated rings. The van der Waals surface area contributed by atoms with E-state index in [-0.39, 0.29) is 0 Å². The van der Waals surface area contributed by atoms with Gasteiger partial charge in [-0.15, -0.1) is 5.46 Å². The minimum Gasteiger partial charge on any atom is -0.555 e. The third-order valence-electron chi connectivity index (χ3n) is 4.65. The maximum atomic E-state index is 10.7. The molecule has 0 aromatic heterocycles. The Kier molecular flexibility index (Phi) is 3.85. The Morgan fingerprint density at radius 3 is 2.54 bits per heavy atom. The zero-order valence-electron chi connectivity index (χ0n) is 12.7. The second kappa shape index (κ2) is 5.78. The molecule has 0 aliphatic carbocycles. The first kappa shape index (κ1) is 16.0. The maximum Gasteiger partial charge on any atom is 0.409 e. The standard InChI is InChI=1S/C16H18BO7/c18-8-12(19)14-13(20)15-16(22-14)24-17(21,23-15)11-6-5-9-3-1-2-4-10(9)7-11/h1-7,12-16,18-21H,8H2/q-1/t12-,13-,14+,15-,16+,17?/m0/s1. The van der Waals surface area contributed by atoms with Crippen LogP contribution in [0.2, 0.25) is 0 Å². The number of benzene rings is 2. The van der Waals surface area contributed by atoms with Crippen molar-refractivity contribution in [3.8, 4) is 0 Å². The molecule has 8 heteroatoms. The highest BCUT2D eigenvalue weighted by Crippen LogP contribution is 2.35. The van der Waals surface area contributed by atoms with E-state index in [1.165, 1.54) is 0 Å². The Balaban J connectivity index is 1.60. The topological polar surface area (TPSA) is 109 Å². The molecule has 2 aliphatic heterocycles.